The van der Waals surface area contributed by atoms with E-state index < -0.39 is 17.3 Å². The lowest BCUT2D eigenvalue weighted by Crippen LogP contribution is -2.62. The molecule has 0 saturated heterocycles. The number of Topliss-reactive ketones (excluding diaryl/α,β-unsaturated/α-hetero) is 2. The third-order valence-electron chi connectivity index (χ3n) is 7.66. The molecule has 1 amide bonds. The molecule has 1 heterocycles. The maximum Gasteiger partial charge on any atom is 0.209 e. The molecule has 5 nitrogen and oxygen atoms in total. The molecule has 0 aliphatic heterocycles. The minimum atomic E-state index is -1.16. The lowest BCUT2D eigenvalue weighted by atomic mass is 9.53. The molecule has 1 saturated carbocycles. The van der Waals surface area contributed by atoms with Crippen LogP contribution in [0.1, 0.15) is 46.4 Å². The van der Waals surface area contributed by atoms with Gasteiger partial charge in [-0.05, 0) is 43.5 Å². The maximum atomic E-state index is 13.9. The number of amides is 1. The number of aromatic nitrogens is 1. The Morgan fingerprint density at radius 1 is 0.944 bits per heavy atom. The third-order valence-corrected chi connectivity index (χ3v) is 7.66. The Labute approximate surface area is 211 Å². The van der Waals surface area contributed by atoms with Crippen LogP contribution in [0.2, 0.25) is 0 Å². The van der Waals surface area contributed by atoms with Crippen molar-refractivity contribution in [2.24, 2.45) is 5.92 Å². The molecule has 1 aliphatic carbocycles. The predicted molar refractivity (Wildman–Crippen MR) is 141 cm³/mol. The first-order chi connectivity index (χ1) is 17.3. The van der Waals surface area contributed by atoms with E-state index in [0.29, 0.717) is 6.54 Å². The van der Waals surface area contributed by atoms with Gasteiger partial charge >= 0.3 is 0 Å². The van der Waals surface area contributed by atoms with Crippen molar-refractivity contribution in [3.05, 3.63) is 106 Å². The van der Waals surface area contributed by atoms with Crippen molar-refractivity contribution in [2.45, 2.75) is 38.6 Å². The molecule has 3 aromatic carbocycles. The summed E-state index contributed by atoms with van der Waals surface area (Å²) in [5.74, 6) is -1.44. The molecule has 182 valence electrons. The van der Waals surface area contributed by atoms with Crippen molar-refractivity contribution in [1.82, 2.24) is 9.88 Å². The number of nitrogens with zero attached hydrogens (tertiary/aromatic N) is 1. The number of ketones is 2. The summed E-state index contributed by atoms with van der Waals surface area (Å²) < 4.78 is 0. The van der Waals surface area contributed by atoms with E-state index >= 15 is 0 Å². The summed E-state index contributed by atoms with van der Waals surface area (Å²) in [5.41, 5.74) is 5.33. The van der Waals surface area contributed by atoms with Gasteiger partial charge < -0.3 is 9.88 Å². The third kappa shape index (κ3) is 3.67. The fraction of sp³-hybridized carbons (Fsp3) is 0.258. The second-order valence-corrected chi connectivity index (χ2v) is 10.2. The van der Waals surface area contributed by atoms with Crippen LogP contribution in [0.25, 0.3) is 10.9 Å². The minimum absolute atomic E-state index is 0.0743. The zero-order valence-electron chi connectivity index (χ0n) is 21.0. The average Bonchev–Trinajstić information content (AvgIpc) is 3.23. The second-order valence-electron chi connectivity index (χ2n) is 10.2. The highest BCUT2D eigenvalue weighted by molar-refractivity contribution is 6.32. The summed E-state index contributed by atoms with van der Waals surface area (Å²) in [6, 6.07) is 23.5. The van der Waals surface area contributed by atoms with Gasteiger partial charge in [-0.25, -0.2) is 0 Å². The van der Waals surface area contributed by atoms with Gasteiger partial charge in [-0.1, -0.05) is 72.3 Å². The molecule has 4 aromatic rings. The molecule has 0 spiro atoms. The van der Waals surface area contributed by atoms with E-state index in [1.54, 1.807) is 18.9 Å². The zero-order valence-corrected chi connectivity index (χ0v) is 21.0. The number of aryl methyl sites for hydroxylation is 2. The van der Waals surface area contributed by atoms with E-state index in [2.05, 4.69) is 11.1 Å². The Morgan fingerprint density at radius 3 is 2.22 bits per heavy atom. The van der Waals surface area contributed by atoms with Gasteiger partial charge in [0.1, 0.15) is 5.41 Å². The largest absolute Gasteiger partial charge is 0.358 e. The fourth-order valence-electron chi connectivity index (χ4n) is 5.56. The fourth-order valence-corrected chi connectivity index (χ4v) is 5.56. The molecule has 5 heteroatoms. The van der Waals surface area contributed by atoms with Crippen molar-refractivity contribution in [1.29, 1.82) is 0 Å². The van der Waals surface area contributed by atoms with Crippen LogP contribution in [0.5, 0.6) is 0 Å². The molecule has 36 heavy (non-hydrogen) atoms. The molecule has 1 atom stereocenters. The molecule has 0 radical (unpaired) electrons. The van der Waals surface area contributed by atoms with Gasteiger partial charge in [0.15, 0.2) is 11.6 Å². The first kappa shape index (κ1) is 23.7. The molecule has 5 rings (SSSR count). The quantitative estimate of drug-likeness (QED) is 0.292. The average molecular weight is 479 g/mol. The van der Waals surface area contributed by atoms with E-state index in [4.69, 9.17) is 0 Å². The van der Waals surface area contributed by atoms with Crippen molar-refractivity contribution in [3.63, 3.8) is 0 Å². The van der Waals surface area contributed by atoms with Crippen LogP contribution in [0.4, 0.5) is 0 Å². The monoisotopic (exact) mass is 478 g/mol. The number of benzene rings is 3. The Morgan fingerprint density at radius 2 is 1.58 bits per heavy atom. The van der Waals surface area contributed by atoms with Gasteiger partial charge in [0.2, 0.25) is 6.41 Å². The van der Waals surface area contributed by atoms with E-state index in [1.807, 2.05) is 80.6 Å². The molecule has 1 fully saturated rings. The van der Waals surface area contributed by atoms with Crippen LogP contribution in [-0.4, -0.2) is 34.9 Å². The molecular formula is C31H30N2O3. The first-order valence-electron chi connectivity index (χ1n) is 12.2. The van der Waals surface area contributed by atoms with E-state index in [9.17, 15) is 14.4 Å². The number of aromatic amines is 1. The number of nitrogens with one attached hydrogen (secondary N) is 1. The number of hydrogen-bond acceptors (Lipinski definition) is 3. The van der Waals surface area contributed by atoms with Crippen molar-refractivity contribution >= 4 is 28.9 Å². The number of hydrogen-bond donors (Lipinski definition) is 1. The van der Waals surface area contributed by atoms with Crippen LogP contribution in [0.3, 0.4) is 0 Å². The number of fused-ring (bicyclic) bond motifs is 1. The highest BCUT2D eigenvalue weighted by Crippen LogP contribution is 2.50. The highest BCUT2D eigenvalue weighted by atomic mass is 16.2. The lowest BCUT2D eigenvalue weighted by Gasteiger charge is -2.45. The van der Waals surface area contributed by atoms with Crippen LogP contribution < -0.4 is 0 Å². The molecule has 1 unspecified atom stereocenters. The van der Waals surface area contributed by atoms with Gasteiger partial charge in [-0.15, -0.1) is 0 Å². The molecule has 1 N–H and O–H groups in total. The van der Waals surface area contributed by atoms with Crippen LogP contribution in [-0.2, 0) is 26.3 Å². The van der Waals surface area contributed by atoms with Gasteiger partial charge in [0.25, 0.3) is 0 Å². The SMILES string of the molecule is Cc1ccc(C2(C)C(=O)C(C(c3ccccc3)c3[nH]c4cc(C)ccc4c3CN(C)C=O)C2=O)cc1. The van der Waals surface area contributed by atoms with Crippen LogP contribution in [0.15, 0.2) is 72.8 Å². The predicted octanol–water partition coefficient (Wildman–Crippen LogP) is 5.23. The molecule has 1 aromatic heterocycles. The van der Waals surface area contributed by atoms with Crippen molar-refractivity contribution in [3.8, 4) is 0 Å². The summed E-state index contributed by atoms with van der Waals surface area (Å²) in [4.78, 5) is 44.5. The topological polar surface area (TPSA) is 70.2 Å². The summed E-state index contributed by atoms with van der Waals surface area (Å²) >= 11 is 0. The Hall–Kier alpha value is -3.99. The standard InChI is InChI=1S/C31H30N2O3/c1-19-10-13-22(14-11-19)31(3)29(35)27(30(31)36)26(21-8-6-5-7-9-21)28-24(17-33(4)18-34)23-15-12-20(2)16-25(23)32-28/h5-16,18,26-27,32H,17H2,1-4H3. The summed E-state index contributed by atoms with van der Waals surface area (Å²) in [7, 11) is 1.73. The maximum absolute atomic E-state index is 13.9. The van der Waals surface area contributed by atoms with Gasteiger partial charge in [0, 0.05) is 41.7 Å². The summed E-state index contributed by atoms with van der Waals surface area (Å²) in [6.07, 6.45) is 0.794. The number of rotatable bonds is 7. The molecule has 1 aliphatic rings. The Kier molecular flexibility index (Phi) is 5.87. The van der Waals surface area contributed by atoms with Crippen LogP contribution >= 0.6 is 0 Å². The molecular weight excluding hydrogens is 448 g/mol. The lowest BCUT2D eigenvalue weighted by molar-refractivity contribution is -0.153. The first-order valence-corrected chi connectivity index (χ1v) is 12.2. The zero-order chi connectivity index (χ0) is 25.6. The molecule has 0 bridgehead atoms. The highest BCUT2D eigenvalue weighted by Gasteiger charge is 2.62. The second kappa shape index (κ2) is 8.90. The number of carbonyl (C=O) groups is 3. The van der Waals surface area contributed by atoms with Crippen molar-refractivity contribution < 1.29 is 14.4 Å². The van der Waals surface area contributed by atoms with Gasteiger partial charge in [-0.3, -0.25) is 14.4 Å². The van der Waals surface area contributed by atoms with Crippen molar-refractivity contribution in [2.75, 3.05) is 7.05 Å². The summed E-state index contributed by atoms with van der Waals surface area (Å²) in [6.45, 7) is 6.13. The Bertz CT molecular complexity index is 1450. The number of H-pyrrole nitrogens is 1. The van der Waals surface area contributed by atoms with E-state index in [1.165, 1.54) is 0 Å². The van der Waals surface area contributed by atoms with E-state index in [-0.39, 0.29) is 11.6 Å². The smallest absolute Gasteiger partial charge is 0.209 e. The minimum Gasteiger partial charge on any atom is -0.358 e. The summed E-state index contributed by atoms with van der Waals surface area (Å²) in [5, 5.41) is 0.991. The van der Waals surface area contributed by atoms with Crippen LogP contribution in [0, 0.1) is 19.8 Å². The number of carbonyl (C=O) groups excluding carboxylic acids is 3. The van der Waals surface area contributed by atoms with E-state index in [0.717, 1.165) is 50.8 Å². The van der Waals surface area contributed by atoms with Gasteiger partial charge in [0.05, 0.1) is 5.92 Å². The normalized spacial score (nSPS) is 20.3. The van der Waals surface area contributed by atoms with Gasteiger partial charge in [-0.2, -0.15) is 0 Å². The Balaban J connectivity index is 1.67.